The van der Waals surface area contributed by atoms with Crippen molar-refractivity contribution in [1.82, 2.24) is 4.90 Å². The molecule has 2 rings (SSSR count). The monoisotopic (exact) mass is 236 g/mol. The molecule has 0 unspecified atom stereocenters. The van der Waals surface area contributed by atoms with E-state index in [1.165, 1.54) is 32.4 Å². The van der Waals surface area contributed by atoms with Crippen molar-refractivity contribution in [2.24, 2.45) is 11.1 Å². The maximum absolute atomic E-state index is 5.66. The zero-order valence-corrected chi connectivity index (χ0v) is 11.0. The minimum Gasteiger partial charge on any atom is -0.463 e. The van der Waals surface area contributed by atoms with Crippen LogP contribution in [0.5, 0.6) is 0 Å². The summed E-state index contributed by atoms with van der Waals surface area (Å²) in [6, 6.07) is 4.04. The average molecular weight is 236 g/mol. The van der Waals surface area contributed by atoms with E-state index in [0.29, 0.717) is 12.0 Å². The minimum absolute atomic E-state index is 0.494. The number of nitrogens with zero attached hydrogens (tertiary/aromatic N) is 1. The third kappa shape index (κ3) is 2.72. The Labute approximate surface area is 104 Å². The lowest BCUT2D eigenvalue weighted by molar-refractivity contribution is 0.224. The zero-order valence-electron chi connectivity index (χ0n) is 11.0. The molecule has 1 saturated heterocycles. The molecule has 0 aromatic carbocycles. The van der Waals surface area contributed by atoms with Crippen LogP contribution in [-0.4, -0.2) is 18.0 Å². The molecule has 17 heavy (non-hydrogen) atoms. The third-order valence-electron chi connectivity index (χ3n) is 4.32. The standard InChI is InChI=1S/C14H24N2O/c1-3-14(4-2)7-8-16(11-14)10-13-6-5-12(9-15)17-13/h5-6H,3-4,7-11,15H2,1-2H3. The van der Waals surface area contributed by atoms with Gasteiger partial charge in [-0.25, -0.2) is 0 Å². The van der Waals surface area contributed by atoms with Crippen LogP contribution >= 0.6 is 0 Å². The molecule has 1 aliphatic rings. The normalized spacial score (nSPS) is 19.9. The molecule has 96 valence electrons. The van der Waals surface area contributed by atoms with E-state index in [-0.39, 0.29) is 0 Å². The van der Waals surface area contributed by atoms with Gasteiger partial charge in [-0.1, -0.05) is 13.8 Å². The van der Waals surface area contributed by atoms with Crippen LogP contribution in [0, 0.1) is 5.41 Å². The highest BCUT2D eigenvalue weighted by atomic mass is 16.3. The first-order chi connectivity index (χ1) is 8.21. The lowest BCUT2D eigenvalue weighted by Crippen LogP contribution is -2.25. The highest BCUT2D eigenvalue weighted by Gasteiger charge is 2.34. The molecule has 3 nitrogen and oxygen atoms in total. The number of hydrogen-bond acceptors (Lipinski definition) is 3. The SMILES string of the molecule is CCC1(CC)CCN(Cc2ccc(CN)o2)C1. The fraction of sp³-hybridized carbons (Fsp3) is 0.714. The molecule has 2 heterocycles. The largest absolute Gasteiger partial charge is 0.463 e. The van der Waals surface area contributed by atoms with Gasteiger partial charge in [0.15, 0.2) is 0 Å². The number of rotatable bonds is 5. The summed E-state index contributed by atoms with van der Waals surface area (Å²) in [5.74, 6) is 1.94. The topological polar surface area (TPSA) is 42.4 Å². The predicted molar refractivity (Wildman–Crippen MR) is 69.5 cm³/mol. The van der Waals surface area contributed by atoms with Crippen LogP contribution in [0.2, 0.25) is 0 Å². The summed E-state index contributed by atoms with van der Waals surface area (Å²) in [6.07, 6.45) is 3.89. The Hall–Kier alpha value is -0.800. The molecule has 0 amide bonds. The molecule has 0 spiro atoms. The summed E-state index contributed by atoms with van der Waals surface area (Å²) >= 11 is 0. The van der Waals surface area contributed by atoms with Crippen molar-refractivity contribution in [1.29, 1.82) is 0 Å². The molecule has 0 bridgehead atoms. The van der Waals surface area contributed by atoms with Crippen LogP contribution < -0.4 is 5.73 Å². The minimum atomic E-state index is 0.494. The molecule has 0 radical (unpaired) electrons. The Balaban J connectivity index is 1.93. The fourth-order valence-electron chi connectivity index (χ4n) is 2.83. The molecule has 0 aliphatic carbocycles. The highest BCUT2D eigenvalue weighted by molar-refractivity contribution is 5.07. The van der Waals surface area contributed by atoms with Gasteiger partial charge in [-0.3, -0.25) is 4.90 Å². The van der Waals surface area contributed by atoms with Gasteiger partial charge in [-0.05, 0) is 43.4 Å². The van der Waals surface area contributed by atoms with Crippen molar-refractivity contribution < 1.29 is 4.42 Å². The van der Waals surface area contributed by atoms with E-state index in [1.807, 2.05) is 6.07 Å². The smallest absolute Gasteiger partial charge is 0.118 e. The van der Waals surface area contributed by atoms with E-state index < -0.39 is 0 Å². The summed E-state index contributed by atoms with van der Waals surface area (Å²) in [5.41, 5.74) is 6.10. The molecule has 1 aromatic rings. The van der Waals surface area contributed by atoms with Crippen LogP contribution in [0.1, 0.15) is 44.6 Å². The molecular formula is C14H24N2O. The molecule has 3 heteroatoms. The summed E-state index contributed by atoms with van der Waals surface area (Å²) in [7, 11) is 0. The summed E-state index contributed by atoms with van der Waals surface area (Å²) < 4.78 is 5.66. The van der Waals surface area contributed by atoms with Crippen LogP contribution in [-0.2, 0) is 13.1 Å². The Morgan fingerprint density at radius 2 is 2.00 bits per heavy atom. The van der Waals surface area contributed by atoms with Crippen LogP contribution in [0.4, 0.5) is 0 Å². The number of furan rings is 1. The maximum Gasteiger partial charge on any atom is 0.118 e. The van der Waals surface area contributed by atoms with Crippen molar-refractivity contribution in [3.8, 4) is 0 Å². The van der Waals surface area contributed by atoms with E-state index in [4.69, 9.17) is 10.2 Å². The predicted octanol–water partition coefficient (Wildman–Crippen LogP) is 2.75. The van der Waals surface area contributed by atoms with Crippen molar-refractivity contribution >= 4 is 0 Å². The van der Waals surface area contributed by atoms with Gasteiger partial charge < -0.3 is 10.2 Å². The van der Waals surface area contributed by atoms with E-state index in [2.05, 4.69) is 24.8 Å². The van der Waals surface area contributed by atoms with Gasteiger partial charge >= 0.3 is 0 Å². The second-order valence-corrected chi connectivity index (χ2v) is 5.24. The van der Waals surface area contributed by atoms with Crippen LogP contribution in [0.25, 0.3) is 0 Å². The Morgan fingerprint density at radius 1 is 1.29 bits per heavy atom. The maximum atomic E-state index is 5.66. The van der Waals surface area contributed by atoms with Gasteiger partial charge in [0, 0.05) is 6.54 Å². The van der Waals surface area contributed by atoms with E-state index >= 15 is 0 Å². The first-order valence-electron chi connectivity index (χ1n) is 6.71. The molecule has 1 aromatic heterocycles. The number of hydrogen-bond donors (Lipinski definition) is 1. The van der Waals surface area contributed by atoms with Crippen molar-refractivity contribution in [3.63, 3.8) is 0 Å². The summed E-state index contributed by atoms with van der Waals surface area (Å²) in [4.78, 5) is 2.51. The van der Waals surface area contributed by atoms with E-state index in [1.54, 1.807) is 0 Å². The fourth-order valence-corrected chi connectivity index (χ4v) is 2.83. The van der Waals surface area contributed by atoms with Gasteiger partial charge in [0.25, 0.3) is 0 Å². The number of likely N-dealkylation sites (tertiary alicyclic amines) is 1. The summed E-state index contributed by atoms with van der Waals surface area (Å²) in [5, 5.41) is 0. The molecular weight excluding hydrogens is 212 g/mol. The van der Waals surface area contributed by atoms with Crippen LogP contribution in [0.3, 0.4) is 0 Å². The second-order valence-electron chi connectivity index (χ2n) is 5.24. The third-order valence-corrected chi connectivity index (χ3v) is 4.32. The Kier molecular flexibility index (Phi) is 3.89. The molecule has 1 fully saturated rings. The van der Waals surface area contributed by atoms with Gasteiger partial charge in [0.2, 0.25) is 0 Å². The van der Waals surface area contributed by atoms with Gasteiger partial charge in [-0.15, -0.1) is 0 Å². The van der Waals surface area contributed by atoms with Crippen molar-refractivity contribution in [3.05, 3.63) is 23.7 Å². The first kappa shape index (κ1) is 12.7. The lowest BCUT2D eigenvalue weighted by Gasteiger charge is -2.26. The van der Waals surface area contributed by atoms with Crippen molar-refractivity contribution in [2.75, 3.05) is 13.1 Å². The molecule has 1 aliphatic heterocycles. The van der Waals surface area contributed by atoms with Gasteiger partial charge in [-0.2, -0.15) is 0 Å². The molecule has 2 N–H and O–H groups in total. The Morgan fingerprint density at radius 3 is 2.53 bits per heavy atom. The zero-order chi connectivity index (χ0) is 12.3. The summed E-state index contributed by atoms with van der Waals surface area (Å²) in [6.45, 7) is 8.45. The Bertz CT molecular complexity index is 355. The molecule has 0 saturated carbocycles. The number of nitrogens with two attached hydrogens (primary N) is 1. The quantitative estimate of drug-likeness (QED) is 0.854. The second kappa shape index (κ2) is 5.23. The van der Waals surface area contributed by atoms with Crippen molar-refractivity contribution in [2.45, 2.75) is 46.2 Å². The van der Waals surface area contributed by atoms with Gasteiger partial charge in [0.1, 0.15) is 11.5 Å². The lowest BCUT2D eigenvalue weighted by atomic mass is 9.82. The van der Waals surface area contributed by atoms with E-state index in [0.717, 1.165) is 18.1 Å². The average Bonchev–Trinajstić information content (AvgIpc) is 2.97. The highest BCUT2D eigenvalue weighted by Crippen LogP contribution is 2.37. The van der Waals surface area contributed by atoms with Gasteiger partial charge in [0.05, 0.1) is 13.1 Å². The molecule has 0 atom stereocenters. The first-order valence-corrected chi connectivity index (χ1v) is 6.71. The van der Waals surface area contributed by atoms with Crippen LogP contribution in [0.15, 0.2) is 16.5 Å². The van der Waals surface area contributed by atoms with E-state index in [9.17, 15) is 0 Å².